The number of hydrogen-bond acceptors (Lipinski definition) is 10. The van der Waals surface area contributed by atoms with E-state index in [2.05, 4.69) is 20.6 Å². The van der Waals surface area contributed by atoms with Gasteiger partial charge >= 0.3 is 6.09 Å². The van der Waals surface area contributed by atoms with Gasteiger partial charge in [-0.2, -0.15) is 5.10 Å². The lowest BCUT2D eigenvalue weighted by Gasteiger charge is -2.27. The van der Waals surface area contributed by atoms with Crippen LogP contribution in [0.15, 0.2) is 58.4 Å². The Morgan fingerprint density at radius 2 is 2.11 bits per heavy atom. The summed E-state index contributed by atoms with van der Waals surface area (Å²) >= 11 is 0. The van der Waals surface area contributed by atoms with Crippen LogP contribution in [0.2, 0.25) is 0 Å². The third kappa shape index (κ3) is 4.81. The predicted octanol–water partition coefficient (Wildman–Crippen LogP) is 1.86. The minimum absolute atomic E-state index is 0.102. The molecule has 1 saturated heterocycles. The topological polar surface area (TPSA) is 142 Å². The molecule has 4 heterocycles. The lowest BCUT2D eigenvalue weighted by molar-refractivity contribution is -0.129. The van der Waals surface area contributed by atoms with Gasteiger partial charge in [0.1, 0.15) is 24.1 Å². The maximum absolute atomic E-state index is 15.0. The number of hydrogen-bond donors (Lipinski definition) is 2. The van der Waals surface area contributed by atoms with Crippen LogP contribution in [-0.4, -0.2) is 72.3 Å². The quantitative estimate of drug-likeness (QED) is 0.503. The number of nitrogens with two attached hydrogens (primary N) is 1. The van der Waals surface area contributed by atoms with Crippen molar-refractivity contribution in [3.8, 4) is 11.1 Å². The van der Waals surface area contributed by atoms with Crippen LogP contribution in [0.25, 0.3) is 11.1 Å². The van der Waals surface area contributed by atoms with E-state index in [0.29, 0.717) is 48.2 Å². The summed E-state index contributed by atoms with van der Waals surface area (Å²) in [6.07, 6.45) is 3.60. The van der Waals surface area contributed by atoms with Gasteiger partial charge in [0.15, 0.2) is 0 Å². The van der Waals surface area contributed by atoms with Gasteiger partial charge in [0, 0.05) is 29.9 Å². The number of ether oxygens (including phenoxy) is 1. The monoisotopic (exact) mass is 494 g/mol. The summed E-state index contributed by atoms with van der Waals surface area (Å²) in [4.78, 5) is 31.6. The minimum atomic E-state index is -0.549. The van der Waals surface area contributed by atoms with Crippen LogP contribution in [0, 0.1) is 5.82 Å². The molecule has 1 aromatic carbocycles. The molecule has 2 aliphatic heterocycles. The Kier molecular flexibility index (Phi) is 6.45. The summed E-state index contributed by atoms with van der Waals surface area (Å²) in [6, 6.07) is 9.73. The molecule has 13 heteroatoms. The van der Waals surface area contributed by atoms with Crippen molar-refractivity contribution in [3.63, 3.8) is 0 Å². The molecule has 186 valence electrons. The van der Waals surface area contributed by atoms with E-state index >= 15 is 4.39 Å². The zero-order valence-corrected chi connectivity index (χ0v) is 19.1. The number of amides is 2. The van der Waals surface area contributed by atoms with Gasteiger partial charge in [-0.25, -0.2) is 19.2 Å². The molecule has 0 saturated carbocycles. The molecule has 2 amide bonds. The van der Waals surface area contributed by atoms with E-state index < -0.39 is 18.0 Å². The Labute approximate surface area is 205 Å². The second-order valence-corrected chi connectivity index (χ2v) is 8.09. The number of hydrazone groups is 1. The smallest absolute Gasteiger partial charge is 0.414 e. The van der Waals surface area contributed by atoms with Gasteiger partial charge in [0.25, 0.3) is 5.91 Å². The van der Waals surface area contributed by atoms with Gasteiger partial charge in [-0.05, 0) is 30.3 Å². The normalized spacial score (nSPS) is 17.4. The van der Waals surface area contributed by atoms with Crippen LogP contribution in [0.3, 0.4) is 0 Å². The molecule has 0 unspecified atom stereocenters. The van der Waals surface area contributed by atoms with Crippen LogP contribution < -0.4 is 20.9 Å². The molecule has 36 heavy (non-hydrogen) atoms. The van der Waals surface area contributed by atoms with E-state index in [1.807, 2.05) is 0 Å². The predicted molar refractivity (Wildman–Crippen MR) is 129 cm³/mol. The lowest BCUT2D eigenvalue weighted by atomic mass is 10.1. The second kappa shape index (κ2) is 10.00. The average Bonchev–Trinajstić information content (AvgIpc) is 3.56. The number of nitrogens with zero attached hydrogens (tertiary/aromatic N) is 6. The van der Waals surface area contributed by atoms with Crippen LogP contribution in [0.4, 0.5) is 26.6 Å². The van der Waals surface area contributed by atoms with Crippen molar-refractivity contribution in [2.45, 2.75) is 6.10 Å². The van der Waals surface area contributed by atoms with Gasteiger partial charge < -0.3 is 25.2 Å². The minimum Gasteiger partial charge on any atom is -0.442 e. The van der Waals surface area contributed by atoms with Crippen LogP contribution in [-0.2, 0) is 9.53 Å². The highest BCUT2D eigenvalue weighted by Crippen LogP contribution is 2.29. The summed E-state index contributed by atoms with van der Waals surface area (Å²) in [5.74, 6) is 0.336. The first-order valence-electron chi connectivity index (χ1n) is 11.2. The Balaban J connectivity index is 1.24. The molecule has 0 bridgehead atoms. The van der Waals surface area contributed by atoms with E-state index in [-0.39, 0.29) is 19.0 Å². The van der Waals surface area contributed by atoms with Gasteiger partial charge in [0.2, 0.25) is 5.88 Å². The molecule has 12 nitrogen and oxygen atoms in total. The summed E-state index contributed by atoms with van der Waals surface area (Å²) in [5.41, 5.74) is 6.69. The number of pyridine rings is 1. The fourth-order valence-corrected chi connectivity index (χ4v) is 3.89. The third-order valence-electron chi connectivity index (χ3n) is 5.78. The standard InChI is InChI=1S/C23H23FN8O4/c24-19-9-16(31-13-17(35-23(31)34)12-27-21-5-6-29-36-21)2-3-18(19)15-1-4-20(26-11-15)30-7-8-32(28-14-30)22(33)10-25/h1-6,9,11,14,17,27H,7-8,10,12-13,25H2/t17-/m0/s1. The van der Waals surface area contributed by atoms with Gasteiger partial charge in [-0.1, -0.05) is 5.16 Å². The maximum atomic E-state index is 15.0. The van der Waals surface area contributed by atoms with Crippen molar-refractivity contribution < 1.29 is 23.2 Å². The van der Waals surface area contributed by atoms with Crippen molar-refractivity contribution in [1.82, 2.24) is 15.1 Å². The Hall–Kier alpha value is -4.52. The Morgan fingerprint density at radius 1 is 1.22 bits per heavy atom. The molecule has 3 N–H and O–H groups in total. The number of carbonyl (C=O) groups is 2. The van der Waals surface area contributed by atoms with E-state index in [0.717, 1.165) is 0 Å². The highest BCUT2D eigenvalue weighted by Gasteiger charge is 2.32. The van der Waals surface area contributed by atoms with Crippen molar-refractivity contribution in [2.24, 2.45) is 10.8 Å². The highest BCUT2D eigenvalue weighted by molar-refractivity contribution is 5.90. The number of cyclic esters (lactones) is 1. The summed E-state index contributed by atoms with van der Waals surface area (Å²) in [6.45, 7) is 1.39. The summed E-state index contributed by atoms with van der Waals surface area (Å²) in [5, 5.41) is 12.0. The molecule has 0 spiro atoms. The number of nitrogens with one attached hydrogen (secondary N) is 1. The highest BCUT2D eigenvalue weighted by atomic mass is 19.1. The van der Waals surface area contributed by atoms with Crippen molar-refractivity contribution in [3.05, 3.63) is 54.6 Å². The second-order valence-electron chi connectivity index (χ2n) is 8.09. The molecule has 0 aliphatic carbocycles. The number of carbonyl (C=O) groups excluding carboxylic acids is 2. The molecule has 1 fully saturated rings. The third-order valence-corrected chi connectivity index (χ3v) is 5.78. The number of halogens is 1. The van der Waals surface area contributed by atoms with E-state index in [1.54, 1.807) is 41.4 Å². The molecule has 3 aromatic rings. The maximum Gasteiger partial charge on any atom is 0.414 e. The SMILES string of the molecule is NCC(=O)N1CCN(c2ccc(-c3ccc(N4C[C@H](CNc5ccno5)OC4=O)cc3F)cn2)C=N1. The van der Waals surface area contributed by atoms with E-state index in [4.69, 9.17) is 15.0 Å². The molecular weight excluding hydrogens is 471 g/mol. The zero-order valence-electron chi connectivity index (χ0n) is 19.1. The number of anilines is 3. The first-order chi connectivity index (χ1) is 17.5. The van der Waals surface area contributed by atoms with E-state index in [9.17, 15) is 9.59 Å². The molecule has 1 atom stereocenters. The lowest BCUT2D eigenvalue weighted by Crippen LogP contribution is -2.43. The van der Waals surface area contributed by atoms with Crippen LogP contribution >= 0.6 is 0 Å². The average molecular weight is 494 g/mol. The number of rotatable bonds is 7. The van der Waals surface area contributed by atoms with Crippen LogP contribution in [0.1, 0.15) is 0 Å². The van der Waals surface area contributed by atoms with Crippen LogP contribution in [0.5, 0.6) is 0 Å². The van der Waals surface area contributed by atoms with Gasteiger partial charge in [0.05, 0.1) is 38.1 Å². The number of aromatic nitrogens is 2. The Bertz CT molecular complexity index is 1270. The summed E-state index contributed by atoms with van der Waals surface area (Å²) in [7, 11) is 0. The number of benzene rings is 1. The first-order valence-corrected chi connectivity index (χ1v) is 11.2. The molecule has 5 rings (SSSR count). The molecule has 0 radical (unpaired) electrons. The fourth-order valence-electron chi connectivity index (χ4n) is 3.89. The molecular formula is C23H23FN8O4. The summed E-state index contributed by atoms with van der Waals surface area (Å²) < 4.78 is 25.4. The van der Waals surface area contributed by atoms with Gasteiger partial charge in [-0.15, -0.1) is 0 Å². The molecule has 2 aromatic heterocycles. The van der Waals surface area contributed by atoms with Gasteiger partial charge in [-0.3, -0.25) is 9.69 Å². The van der Waals surface area contributed by atoms with E-state index in [1.165, 1.54) is 28.5 Å². The largest absolute Gasteiger partial charge is 0.442 e. The van der Waals surface area contributed by atoms with Crippen molar-refractivity contribution >= 4 is 35.7 Å². The molecule has 2 aliphatic rings. The van der Waals surface area contributed by atoms with Crippen molar-refractivity contribution in [2.75, 3.05) is 47.8 Å². The van der Waals surface area contributed by atoms with Crippen molar-refractivity contribution in [1.29, 1.82) is 0 Å². The zero-order chi connectivity index (χ0) is 25.1. The fraction of sp³-hybridized carbons (Fsp3) is 0.261. The Morgan fingerprint density at radius 3 is 2.78 bits per heavy atom. The first kappa shape index (κ1) is 23.2.